The molecule has 0 spiro atoms. The lowest BCUT2D eigenvalue weighted by molar-refractivity contribution is 0.276. The molecular formula is C15H24ClN3O. The minimum Gasteiger partial charge on any atom is -0.490 e. The predicted octanol–water partition coefficient (Wildman–Crippen LogP) is 2.62. The Bertz CT molecular complexity index is 404. The van der Waals surface area contributed by atoms with Crippen molar-refractivity contribution in [2.45, 2.75) is 38.1 Å². The number of halogens is 1. The van der Waals surface area contributed by atoms with Crippen LogP contribution in [0.2, 0.25) is 0 Å². The number of hydrogen-bond donors (Lipinski definition) is 1. The van der Waals surface area contributed by atoms with Gasteiger partial charge in [0.1, 0.15) is 12.4 Å². The molecule has 0 bridgehead atoms. The molecule has 5 heteroatoms. The molecule has 3 rings (SSSR count). The van der Waals surface area contributed by atoms with Crippen LogP contribution in [0.15, 0.2) is 18.5 Å². The first-order chi connectivity index (χ1) is 9.42. The highest BCUT2D eigenvalue weighted by Crippen LogP contribution is 2.23. The topological polar surface area (TPSA) is 37.4 Å². The van der Waals surface area contributed by atoms with E-state index in [1.165, 1.54) is 37.8 Å². The maximum absolute atomic E-state index is 5.87. The van der Waals surface area contributed by atoms with E-state index in [1.807, 2.05) is 12.4 Å². The lowest BCUT2D eigenvalue weighted by Gasteiger charge is -2.28. The molecule has 0 amide bonds. The molecule has 2 fully saturated rings. The summed E-state index contributed by atoms with van der Waals surface area (Å²) < 4.78 is 5.87. The van der Waals surface area contributed by atoms with Crippen molar-refractivity contribution < 1.29 is 4.74 Å². The van der Waals surface area contributed by atoms with Gasteiger partial charge in [0, 0.05) is 25.2 Å². The van der Waals surface area contributed by atoms with Gasteiger partial charge in [-0.15, -0.1) is 12.4 Å². The number of rotatable bonds is 4. The summed E-state index contributed by atoms with van der Waals surface area (Å²) in [6.45, 7) is 4.18. The monoisotopic (exact) mass is 297 g/mol. The molecule has 3 heterocycles. The Morgan fingerprint density at radius 1 is 1.20 bits per heavy atom. The lowest BCUT2D eigenvalue weighted by Crippen LogP contribution is -2.30. The standard InChI is InChI=1S/C15H23N3O.ClH/c1-2-7-18(8-3-1)14-9-15(11-16-10-14)19-12-13-5-4-6-17-13;/h9-11,13,17H,1-8,12H2;1H/t13-;/m0./s1. The number of nitrogens with one attached hydrogen (secondary N) is 1. The molecule has 1 aromatic rings. The molecule has 0 aromatic carbocycles. The minimum absolute atomic E-state index is 0. The van der Waals surface area contributed by atoms with E-state index in [9.17, 15) is 0 Å². The van der Waals surface area contributed by atoms with Gasteiger partial charge in [0.05, 0.1) is 18.1 Å². The van der Waals surface area contributed by atoms with Crippen LogP contribution in [-0.2, 0) is 0 Å². The zero-order valence-corrected chi connectivity index (χ0v) is 12.7. The van der Waals surface area contributed by atoms with Crippen molar-refractivity contribution in [3.8, 4) is 5.75 Å². The third kappa shape index (κ3) is 4.00. The molecule has 1 N–H and O–H groups in total. The third-order valence-electron chi connectivity index (χ3n) is 4.03. The third-order valence-corrected chi connectivity index (χ3v) is 4.03. The Labute approximate surface area is 127 Å². The zero-order valence-electron chi connectivity index (χ0n) is 11.9. The van der Waals surface area contributed by atoms with Crippen molar-refractivity contribution in [2.24, 2.45) is 0 Å². The quantitative estimate of drug-likeness (QED) is 0.927. The van der Waals surface area contributed by atoms with Gasteiger partial charge in [-0.3, -0.25) is 4.98 Å². The molecule has 2 aliphatic heterocycles. The van der Waals surface area contributed by atoms with Crippen molar-refractivity contribution >= 4 is 18.1 Å². The van der Waals surface area contributed by atoms with Gasteiger partial charge in [-0.1, -0.05) is 0 Å². The molecule has 112 valence electrons. The summed E-state index contributed by atoms with van der Waals surface area (Å²) in [5.41, 5.74) is 1.21. The lowest BCUT2D eigenvalue weighted by atomic mass is 10.1. The second-order valence-electron chi connectivity index (χ2n) is 5.53. The van der Waals surface area contributed by atoms with Crippen LogP contribution in [0.3, 0.4) is 0 Å². The van der Waals surface area contributed by atoms with Gasteiger partial charge in [0.2, 0.25) is 0 Å². The highest BCUT2D eigenvalue weighted by molar-refractivity contribution is 5.85. The van der Waals surface area contributed by atoms with Crippen molar-refractivity contribution in [3.05, 3.63) is 18.5 Å². The van der Waals surface area contributed by atoms with Crippen molar-refractivity contribution in [2.75, 3.05) is 31.1 Å². The fourth-order valence-corrected chi connectivity index (χ4v) is 2.91. The highest BCUT2D eigenvalue weighted by atomic mass is 35.5. The maximum atomic E-state index is 5.87. The molecule has 0 unspecified atom stereocenters. The van der Waals surface area contributed by atoms with E-state index in [0.717, 1.165) is 32.0 Å². The highest BCUT2D eigenvalue weighted by Gasteiger charge is 2.15. The maximum Gasteiger partial charge on any atom is 0.139 e. The molecule has 0 saturated carbocycles. The van der Waals surface area contributed by atoms with Gasteiger partial charge in [0.15, 0.2) is 0 Å². The second-order valence-corrected chi connectivity index (χ2v) is 5.53. The van der Waals surface area contributed by atoms with Crippen LogP contribution in [0.1, 0.15) is 32.1 Å². The largest absolute Gasteiger partial charge is 0.490 e. The number of anilines is 1. The molecule has 2 aliphatic rings. The number of hydrogen-bond acceptors (Lipinski definition) is 4. The van der Waals surface area contributed by atoms with Crippen LogP contribution in [0, 0.1) is 0 Å². The Morgan fingerprint density at radius 2 is 2.05 bits per heavy atom. The molecule has 20 heavy (non-hydrogen) atoms. The summed E-state index contributed by atoms with van der Waals surface area (Å²) in [7, 11) is 0. The summed E-state index contributed by atoms with van der Waals surface area (Å²) >= 11 is 0. The summed E-state index contributed by atoms with van der Waals surface area (Å²) in [5.74, 6) is 0.900. The first-order valence-electron chi connectivity index (χ1n) is 7.48. The summed E-state index contributed by atoms with van der Waals surface area (Å²) in [6, 6.07) is 2.64. The molecule has 0 aliphatic carbocycles. The van der Waals surface area contributed by atoms with Crippen LogP contribution in [-0.4, -0.2) is 37.3 Å². The Morgan fingerprint density at radius 3 is 2.80 bits per heavy atom. The summed E-state index contributed by atoms with van der Waals surface area (Å²) in [5, 5.41) is 3.45. The van der Waals surface area contributed by atoms with Gasteiger partial charge in [0.25, 0.3) is 0 Å². The van der Waals surface area contributed by atoms with Gasteiger partial charge in [-0.25, -0.2) is 0 Å². The summed E-state index contributed by atoms with van der Waals surface area (Å²) in [4.78, 5) is 6.73. The SMILES string of the molecule is Cl.c1ncc(N2CCCCC2)cc1OC[C@@H]1CCCN1. The zero-order chi connectivity index (χ0) is 12.9. The number of ether oxygens (including phenoxy) is 1. The van der Waals surface area contributed by atoms with Crippen LogP contribution < -0.4 is 15.0 Å². The van der Waals surface area contributed by atoms with E-state index in [2.05, 4.69) is 21.3 Å². The van der Waals surface area contributed by atoms with Crippen molar-refractivity contribution in [3.63, 3.8) is 0 Å². The van der Waals surface area contributed by atoms with E-state index in [4.69, 9.17) is 4.74 Å². The van der Waals surface area contributed by atoms with Crippen LogP contribution >= 0.6 is 12.4 Å². The number of aromatic nitrogens is 1. The van der Waals surface area contributed by atoms with E-state index < -0.39 is 0 Å². The Balaban J connectivity index is 0.00000147. The number of piperidine rings is 1. The predicted molar refractivity (Wildman–Crippen MR) is 84.1 cm³/mol. The van der Waals surface area contributed by atoms with Crippen LogP contribution in [0.5, 0.6) is 5.75 Å². The van der Waals surface area contributed by atoms with Crippen molar-refractivity contribution in [1.82, 2.24) is 10.3 Å². The number of pyridine rings is 1. The fourth-order valence-electron chi connectivity index (χ4n) is 2.91. The first kappa shape index (κ1) is 15.4. The summed E-state index contributed by atoms with van der Waals surface area (Å²) in [6.07, 6.45) is 10.2. The first-order valence-corrected chi connectivity index (χ1v) is 7.48. The van der Waals surface area contributed by atoms with Crippen LogP contribution in [0.4, 0.5) is 5.69 Å². The minimum atomic E-state index is 0. The fraction of sp³-hybridized carbons (Fsp3) is 0.667. The van der Waals surface area contributed by atoms with Gasteiger partial charge in [-0.2, -0.15) is 0 Å². The molecule has 1 aromatic heterocycles. The molecule has 1 atom stereocenters. The van der Waals surface area contributed by atoms with Gasteiger partial charge >= 0.3 is 0 Å². The van der Waals surface area contributed by atoms with E-state index in [1.54, 1.807) is 0 Å². The normalized spacial score (nSPS) is 22.4. The van der Waals surface area contributed by atoms with E-state index in [0.29, 0.717) is 6.04 Å². The molecule has 0 radical (unpaired) electrons. The Kier molecular flexibility index (Phi) is 5.92. The molecular weight excluding hydrogens is 274 g/mol. The smallest absolute Gasteiger partial charge is 0.139 e. The Hall–Kier alpha value is -1.00. The van der Waals surface area contributed by atoms with E-state index >= 15 is 0 Å². The average Bonchev–Trinajstić information content (AvgIpc) is 3.00. The van der Waals surface area contributed by atoms with Gasteiger partial charge in [-0.05, 0) is 38.6 Å². The van der Waals surface area contributed by atoms with Crippen LogP contribution in [0.25, 0.3) is 0 Å². The molecule has 2 saturated heterocycles. The second kappa shape index (κ2) is 7.70. The molecule has 4 nitrogen and oxygen atoms in total. The number of nitrogens with zero attached hydrogens (tertiary/aromatic N) is 2. The van der Waals surface area contributed by atoms with E-state index in [-0.39, 0.29) is 12.4 Å². The average molecular weight is 298 g/mol. The van der Waals surface area contributed by atoms with Crippen molar-refractivity contribution in [1.29, 1.82) is 0 Å². The van der Waals surface area contributed by atoms with Gasteiger partial charge < -0.3 is 15.0 Å².